The molecule has 0 saturated heterocycles. The zero-order valence-corrected chi connectivity index (χ0v) is 18.7. The first-order chi connectivity index (χ1) is 15.9. The van der Waals surface area contributed by atoms with E-state index in [9.17, 15) is 18.0 Å². The zero-order chi connectivity index (χ0) is 23.2. The number of benzene rings is 1. The molecule has 11 heteroatoms. The summed E-state index contributed by atoms with van der Waals surface area (Å²) in [6.07, 6.45) is 6.85. The van der Waals surface area contributed by atoms with Crippen molar-refractivity contribution < 1.29 is 17.9 Å². The Morgan fingerprint density at radius 2 is 2.09 bits per heavy atom. The van der Waals surface area contributed by atoms with Gasteiger partial charge in [0, 0.05) is 34.7 Å². The molecule has 0 amide bonds. The molecular weight excluding hydrogens is 446 g/mol. The molecule has 1 aliphatic rings. The van der Waals surface area contributed by atoms with Gasteiger partial charge in [-0.25, -0.2) is 18.2 Å². The quantitative estimate of drug-likeness (QED) is 0.339. The van der Waals surface area contributed by atoms with Gasteiger partial charge in [0.2, 0.25) is 10.0 Å². The largest absolute Gasteiger partial charge is 0.462 e. The van der Waals surface area contributed by atoms with Gasteiger partial charge in [-0.1, -0.05) is 6.92 Å². The predicted molar refractivity (Wildman–Crippen MR) is 121 cm³/mol. The fraction of sp³-hybridized carbons (Fsp3) is 0.318. The second-order valence-corrected chi connectivity index (χ2v) is 9.98. The number of sulfonamides is 1. The minimum Gasteiger partial charge on any atom is -0.462 e. The Morgan fingerprint density at radius 1 is 1.27 bits per heavy atom. The number of H-pyrrole nitrogens is 3. The molecule has 1 saturated carbocycles. The van der Waals surface area contributed by atoms with Crippen molar-refractivity contribution in [1.82, 2.24) is 24.2 Å². The molecule has 33 heavy (non-hydrogen) atoms. The molecule has 0 unspecified atom stereocenters. The van der Waals surface area contributed by atoms with Crippen LogP contribution in [0.5, 0.6) is 0 Å². The first-order valence-corrected chi connectivity index (χ1v) is 12.2. The van der Waals surface area contributed by atoms with E-state index >= 15 is 0 Å². The summed E-state index contributed by atoms with van der Waals surface area (Å²) >= 11 is 0. The number of hydrogen-bond acceptors (Lipinski definition) is 6. The van der Waals surface area contributed by atoms with Crippen molar-refractivity contribution in [3.8, 4) is 0 Å². The van der Waals surface area contributed by atoms with Gasteiger partial charge in [-0.15, -0.1) is 0 Å². The molecule has 5 rings (SSSR count). The molecule has 3 aromatic heterocycles. The van der Waals surface area contributed by atoms with E-state index < -0.39 is 21.6 Å². The van der Waals surface area contributed by atoms with Crippen LogP contribution in [0.4, 0.5) is 0 Å². The van der Waals surface area contributed by atoms with Gasteiger partial charge in [0.05, 0.1) is 35.6 Å². The number of imidazole rings is 1. The maximum Gasteiger partial charge on any atom is 0.340 e. The summed E-state index contributed by atoms with van der Waals surface area (Å²) in [5.74, 6) is -0.568. The number of ether oxygens (including phenoxy) is 1. The normalized spacial score (nSPS) is 14.4. The maximum absolute atomic E-state index is 13.6. The molecule has 0 atom stereocenters. The first kappa shape index (κ1) is 21.4. The van der Waals surface area contributed by atoms with Crippen molar-refractivity contribution >= 4 is 37.8 Å². The second-order valence-electron chi connectivity index (χ2n) is 8.09. The van der Waals surface area contributed by atoms with Gasteiger partial charge in [0.1, 0.15) is 5.52 Å². The van der Waals surface area contributed by atoms with Crippen LogP contribution in [0.15, 0.2) is 46.6 Å². The highest BCUT2D eigenvalue weighted by Gasteiger charge is 2.38. The summed E-state index contributed by atoms with van der Waals surface area (Å²) in [6.45, 7) is 2.29. The highest BCUT2D eigenvalue weighted by Crippen LogP contribution is 2.35. The van der Waals surface area contributed by atoms with E-state index in [0.717, 1.165) is 12.8 Å². The average molecular weight is 470 g/mol. The Balaban J connectivity index is 1.64. The van der Waals surface area contributed by atoms with E-state index in [1.165, 1.54) is 29.0 Å². The third kappa shape index (κ3) is 3.83. The van der Waals surface area contributed by atoms with Crippen molar-refractivity contribution in [3.05, 3.63) is 58.5 Å². The number of aromatic nitrogens is 4. The fourth-order valence-corrected chi connectivity index (χ4v) is 5.63. The highest BCUT2D eigenvalue weighted by molar-refractivity contribution is 7.89. The van der Waals surface area contributed by atoms with Crippen LogP contribution in [0.3, 0.4) is 0 Å². The van der Waals surface area contributed by atoms with Crippen LogP contribution in [-0.2, 0) is 21.3 Å². The highest BCUT2D eigenvalue weighted by atomic mass is 32.2. The number of rotatable bonds is 8. The number of carbonyl (C=O) groups is 1. The second kappa shape index (κ2) is 8.16. The van der Waals surface area contributed by atoms with E-state index in [4.69, 9.17) is 4.74 Å². The van der Waals surface area contributed by atoms with E-state index in [1.54, 1.807) is 12.3 Å². The summed E-state index contributed by atoms with van der Waals surface area (Å²) in [6, 6.07) is 4.45. The van der Waals surface area contributed by atoms with Crippen molar-refractivity contribution in [2.24, 2.45) is 0 Å². The van der Waals surface area contributed by atoms with E-state index in [1.807, 2.05) is 6.92 Å². The Morgan fingerprint density at radius 3 is 2.79 bits per heavy atom. The van der Waals surface area contributed by atoms with Gasteiger partial charge >= 0.3 is 5.97 Å². The minimum absolute atomic E-state index is 0.0789. The lowest BCUT2D eigenvalue weighted by atomic mass is 10.1. The SMILES string of the molecule is CCCOC(=O)c1c[nH]c2c(=O)[nH]c3ccc(S(=O)(=O)N(Cc4c[nH]cn4)C4CC4)cc3c12. The lowest BCUT2D eigenvalue weighted by molar-refractivity contribution is 0.0507. The number of esters is 1. The molecule has 0 aliphatic heterocycles. The summed E-state index contributed by atoms with van der Waals surface area (Å²) in [5, 5.41) is 0.795. The standard InChI is InChI=1S/C22H23N5O5S/c1-2-7-32-22(29)17-10-24-20-19(17)16-8-15(5-6-18(16)26-21(20)28)33(30,31)27(14-3-4-14)11-13-9-23-12-25-13/h5-6,8-10,12,14,24H,2-4,7,11H2,1H3,(H,23,25)(H,26,28). The maximum atomic E-state index is 13.6. The number of aromatic amines is 3. The molecule has 0 spiro atoms. The van der Waals surface area contributed by atoms with Gasteiger partial charge in [0.15, 0.2) is 0 Å². The van der Waals surface area contributed by atoms with Gasteiger partial charge in [-0.2, -0.15) is 4.31 Å². The third-order valence-corrected chi connectivity index (χ3v) is 7.60. The Kier molecular flexibility index (Phi) is 5.29. The van der Waals surface area contributed by atoms with Gasteiger partial charge < -0.3 is 19.7 Å². The van der Waals surface area contributed by atoms with Crippen molar-refractivity contribution in [1.29, 1.82) is 0 Å². The molecule has 1 aliphatic carbocycles. The van der Waals surface area contributed by atoms with Gasteiger partial charge in [-0.05, 0) is 37.5 Å². The molecule has 3 N–H and O–H groups in total. The Hall–Kier alpha value is -3.44. The van der Waals surface area contributed by atoms with E-state index in [-0.39, 0.29) is 35.2 Å². The topological polar surface area (TPSA) is 141 Å². The Labute approximate surface area is 189 Å². The molecule has 3 heterocycles. The molecule has 1 fully saturated rings. The Bertz CT molecular complexity index is 1500. The van der Waals surface area contributed by atoms with Crippen LogP contribution in [0.2, 0.25) is 0 Å². The lowest BCUT2D eigenvalue weighted by Gasteiger charge is -2.21. The van der Waals surface area contributed by atoms with Crippen LogP contribution in [0.1, 0.15) is 42.2 Å². The lowest BCUT2D eigenvalue weighted by Crippen LogP contribution is -2.32. The van der Waals surface area contributed by atoms with Crippen LogP contribution >= 0.6 is 0 Å². The van der Waals surface area contributed by atoms with Crippen LogP contribution < -0.4 is 5.56 Å². The van der Waals surface area contributed by atoms with Crippen molar-refractivity contribution in [2.45, 2.75) is 43.7 Å². The molecule has 0 radical (unpaired) electrons. The summed E-state index contributed by atoms with van der Waals surface area (Å²) in [5.41, 5.74) is 1.04. The van der Waals surface area contributed by atoms with E-state index in [2.05, 4.69) is 19.9 Å². The predicted octanol–water partition coefficient (Wildman–Crippen LogP) is 2.65. The number of nitrogens with zero attached hydrogens (tertiary/aromatic N) is 2. The zero-order valence-electron chi connectivity index (χ0n) is 17.9. The molecule has 172 valence electrons. The third-order valence-electron chi connectivity index (χ3n) is 5.71. The average Bonchev–Trinajstić information content (AvgIpc) is 3.31. The minimum atomic E-state index is -3.85. The summed E-state index contributed by atoms with van der Waals surface area (Å²) in [7, 11) is -3.85. The van der Waals surface area contributed by atoms with Crippen LogP contribution in [0, 0.1) is 0 Å². The number of nitrogens with one attached hydrogen (secondary N) is 3. The first-order valence-electron chi connectivity index (χ1n) is 10.7. The summed E-state index contributed by atoms with van der Waals surface area (Å²) in [4.78, 5) is 37.8. The number of fused-ring (bicyclic) bond motifs is 3. The number of carbonyl (C=O) groups excluding carboxylic acids is 1. The molecule has 0 bridgehead atoms. The van der Waals surface area contributed by atoms with E-state index in [0.29, 0.717) is 28.4 Å². The molecule has 10 nitrogen and oxygen atoms in total. The number of hydrogen-bond donors (Lipinski definition) is 3. The molecule has 4 aromatic rings. The monoisotopic (exact) mass is 469 g/mol. The smallest absolute Gasteiger partial charge is 0.340 e. The van der Waals surface area contributed by atoms with Gasteiger partial charge in [-0.3, -0.25) is 4.79 Å². The number of pyridine rings is 1. The summed E-state index contributed by atoms with van der Waals surface area (Å²) < 4.78 is 33.9. The molecule has 1 aromatic carbocycles. The van der Waals surface area contributed by atoms with Crippen LogP contribution in [-0.4, -0.2) is 51.3 Å². The van der Waals surface area contributed by atoms with Crippen LogP contribution in [0.25, 0.3) is 21.8 Å². The fourth-order valence-electron chi connectivity index (χ4n) is 3.95. The van der Waals surface area contributed by atoms with Gasteiger partial charge in [0.25, 0.3) is 5.56 Å². The molecular formula is C22H23N5O5S. The van der Waals surface area contributed by atoms with Crippen molar-refractivity contribution in [3.63, 3.8) is 0 Å². The van der Waals surface area contributed by atoms with Crippen molar-refractivity contribution in [2.75, 3.05) is 6.61 Å².